The highest BCUT2D eigenvalue weighted by atomic mass is 32.1. The fraction of sp³-hybridized carbons (Fsp3) is 0.750. The van der Waals surface area contributed by atoms with Crippen LogP contribution in [0.2, 0.25) is 0 Å². The van der Waals surface area contributed by atoms with Crippen molar-refractivity contribution in [3.63, 3.8) is 0 Å². The minimum absolute atomic E-state index is 0.258. The van der Waals surface area contributed by atoms with Crippen molar-refractivity contribution in [1.82, 2.24) is 10.3 Å². The Hall–Kier alpha value is -1.10. The van der Waals surface area contributed by atoms with Gasteiger partial charge in [-0.15, -0.1) is 11.3 Å². The second-order valence-electron chi connectivity index (χ2n) is 6.43. The quantitative estimate of drug-likeness (QED) is 0.909. The number of aromatic nitrogens is 1. The van der Waals surface area contributed by atoms with Crippen molar-refractivity contribution in [1.29, 1.82) is 0 Å². The van der Waals surface area contributed by atoms with Crippen LogP contribution in [-0.4, -0.2) is 30.5 Å². The van der Waals surface area contributed by atoms with E-state index in [2.05, 4.69) is 15.2 Å². The van der Waals surface area contributed by atoms with Crippen molar-refractivity contribution in [3.8, 4) is 0 Å². The van der Waals surface area contributed by atoms with Gasteiger partial charge in [0.1, 0.15) is 0 Å². The number of hydrogen-bond acceptors (Lipinski definition) is 4. The van der Waals surface area contributed by atoms with Gasteiger partial charge in [-0.3, -0.25) is 4.79 Å². The van der Waals surface area contributed by atoms with Gasteiger partial charge >= 0.3 is 0 Å². The van der Waals surface area contributed by atoms with Crippen LogP contribution in [0.5, 0.6) is 0 Å². The molecule has 1 unspecified atom stereocenters. The van der Waals surface area contributed by atoms with Gasteiger partial charge in [0.2, 0.25) is 5.91 Å². The average Bonchev–Trinajstić information content (AvgIpc) is 3.19. The van der Waals surface area contributed by atoms with Gasteiger partial charge in [-0.2, -0.15) is 0 Å². The fourth-order valence-corrected chi connectivity index (χ4v) is 4.26. The van der Waals surface area contributed by atoms with Gasteiger partial charge in [0, 0.05) is 37.6 Å². The van der Waals surface area contributed by atoms with Crippen molar-refractivity contribution in [2.75, 3.05) is 24.5 Å². The lowest BCUT2D eigenvalue weighted by atomic mass is 9.98. The number of hydrogen-bond donors (Lipinski definition) is 1. The van der Waals surface area contributed by atoms with Crippen molar-refractivity contribution < 1.29 is 4.79 Å². The van der Waals surface area contributed by atoms with E-state index in [9.17, 15) is 4.79 Å². The van der Waals surface area contributed by atoms with Crippen LogP contribution >= 0.6 is 11.3 Å². The van der Waals surface area contributed by atoms with Crippen LogP contribution < -0.4 is 10.2 Å². The zero-order valence-corrected chi connectivity index (χ0v) is 13.4. The third-order valence-corrected chi connectivity index (χ3v) is 5.58. The van der Waals surface area contributed by atoms with E-state index < -0.39 is 0 Å². The molecule has 0 aromatic carbocycles. The minimum Gasteiger partial charge on any atom is -0.356 e. The minimum atomic E-state index is 0.258. The highest BCUT2D eigenvalue weighted by Crippen LogP contribution is 2.27. The van der Waals surface area contributed by atoms with E-state index in [1.165, 1.54) is 38.5 Å². The van der Waals surface area contributed by atoms with Crippen LogP contribution in [0, 0.1) is 11.8 Å². The van der Waals surface area contributed by atoms with Gasteiger partial charge in [0.15, 0.2) is 5.13 Å². The van der Waals surface area contributed by atoms with Gasteiger partial charge in [-0.1, -0.05) is 12.8 Å². The smallest absolute Gasteiger partial charge is 0.220 e. The number of rotatable bonds is 5. The Morgan fingerprint density at radius 1 is 1.29 bits per heavy atom. The number of carbonyl (C=O) groups excluding carboxylic acids is 1. The molecule has 0 radical (unpaired) electrons. The summed E-state index contributed by atoms with van der Waals surface area (Å²) in [5.41, 5.74) is 0. The summed E-state index contributed by atoms with van der Waals surface area (Å²) in [7, 11) is 0. The Morgan fingerprint density at radius 2 is 2.10 bits per heavy atom. The molecule has 0 spiro atoms. The van der Waals surface area contributed by atoms with Crippen LogP contribution in [0.15, 0.2) is 11.6 Å². The number of nitrogens with zero attached hydrogens (tertiary/aromatic N) is 2. The predicted octanol–water partition coefficient (Wildman–Crippen LogP) is 3.06. The standard InChI is InChI=1S/C16H25N3OS/c20-15(10-13-4-1-2-5-13)18-11-14-6-3-8-19(12-14)16-17-7-9-21-16/h7,9,13-14H,1-6,8,10-12H2,(H,18,20). The Morgan fingerprint density at radius 3 is 2.86 bits per heavy atom. The topological polar surface area (TPSA) is 45.2 Å². The van der Waals surface area contributed by atoms with E-state index in [0.717, 1.165) is 31.2 Å². The molecule has 2 aliphatic rings. The fourth-order valence-electron chi connectivity index (χ4n) is 3.58. The maximum absolute atomic E-state index is 12.0. The molecule has 1 aromatic rings. The first-order valence-electron chi connectivity index (χ1n) is 8.22. The lowest BCUT2D eigenvalue weighted by molar-refractivity contribution is -0.122. The molecule has 2 heterocycles. The van der Waals surface area contributed by atoms with Crippen LogP contribution in [0.4, 0.5) is 5.13 Å². The van der Waals surface area contributed by atoms with Crippen LogP contribution in [0.3, 0.4) is 0 Å². The van der Waals surface area contributed by atoms with Gasteiger partial charge < -0.3 is 10.2 Å². The predicted molar refractivity (Wildman–Crippen MR) is 86.6 cm³/mol. The third-order valence-electron chi connectivity index (χ3n) is 4.75. The third kappa shape index (κ3) is 4.19. The first-order chi connectivity index (χ1) is 10.3. The first kappa shape index (κ1) is 14.8. The Labute approximate surface area is 130 Å². The molecular formula is C16H25N3OS. The number of carbonyl (C=O) groups is 1. The number of nitrogens with one attached hydrogen (secondary N) is 1. The highest BCUT2D eigenvalue weighted by molar-refractivity contribution is 7.13. The maximum Gasteiger partial charge on any atom is 0.220 e. The largest absolute Gasteiger partial charge is 0.356 e. The van der Waals surface area contributed by atoms with E-state index in [0.29, 0.717) is 11.8 Å². The molecule has 1 amide bonds. The molecule has 1 aliphatic heterocycles. The molecule has 21 heavy (non-hydrogen) atoms. The molecule has 1 N–H and O–H groups in total. The zero-order valence-electron chi connectivity index (χ0n) is 12.6. The van der Waals surface area contributed by atoms with Crippen LogP contribution in [0.1, 0.15) is 44.9 Å². The van der Waals surface area contributed by atoms with Crippen molar-refractivity contribution >= 4 is 22.4 Å². The van der Waals surface area contributed by atoms with E-state index in [1.807, 2.05) is 11.6 Å². The summed E-state index contributed by atoms with van der Waals surface area (Å²) < 4.78 is 0. The lowest BCUT2D eigenvalue weighted by Crippen LogP contribution is -2.41. The first-order valence-corrected chi connectivity index (χ1v) is 9.10. The second-order valence-corrected chi connectivity index (χ2v) is 7.30. The Bertz CT molecular complexity index is 442. The van der Waals surface area contributed by atoms with E-state index >= 15 is 0 Å². The molecule has 1 aliphatic carbocycles. The summed E-state index contributed by atoms with van der Waals surface area (Å²) in [5, 5.41) is 6.31. The molecular weight excluding hydrogens is 282 g/mol. The molecule has 1 aromatic heterocycles. The zero-order chi connectivity index (χ0) is 14.5. The van der Waals surface area contributed by atoms with E-state index in [1.54, 1.807) is 11.3 Å². The lowest BCUT2D eigenvalue weighted by Gasteiger charge is -2.32. The Balaban J connectivity index is 1.41. The normalized spacial score (nSPS) is 23.4. The highest BCUT2D eigenvalue weighted by Gasteiger charge is 2.23. The molecule has 3 rings (SSSR count). The van der Waals surface area contributed by atoms with Crippen molar-refractivity contribution in [2.24, 2.45) is 11.8 Å². The molecule has 2 fully saturated rings. The summed E-state index contributed by atoms with van der Waals surface area (Å²) >= 11 is 1.70. The van der Waals surface area contributed by atoms with Gasteiger partial charge in [-0.25, -0.2) is 4.98 Å². The number of anilines is 1. The summed E-state index contributed by atoms with van der Waals surface area (Å²) in [4.78, 5) is 18.8. The molecule has 0 bridgehead atoms. The number of piperidine rings is 1. The molecule has 4 nitrogen and oxygen atoms in total. The van der Waals surface area contributed by atoms with E-state index in [-0.39, 0.29) is 5.91 Å². The average molecular weight is 307 g/mol. The molecule has 1 atom stereocenters. The van der Waals surface area contributed by atoms with Gasteiger partial charge in [0.05, 0.1) is 0 Å². The van der Waals surface area contributed by atoms with Crippen molar-refractivity contribution in [3.05, 3.63) is 11.6 Å². The maximum atomic E-state index is 12.0. The Kier molecular flexibility index (Phi) is 5.12. The van der Waals surface area contributed by atoms with Crippen LogP contribution in [-0.2, 0) is 4.79 Å². The van der Waals surface area contributed by atoms with Crippen molar-refractivity contribution in [2.45, 2.75) is 44.9 Å². The van der Waals surface area contributed by atoms with Gasteiger partial charge in [0.25, 0.3) is 0 Å². The SMILES string of the molecule is O=C(CC1CCCC1)NCC1CCCN(c2nccs2)C1. The summed E-state index contributed by atoms with van der Waals surface area (Å²) in [6.45, 7) is 2.95. The van der Waals surface area contributed by atoms with Crippen LogP contribution in [0.25, 0.3) is 0 Å². The number of thiazole rings is 1. The van der Waals surface area contributed by atoms with Gasteiger partial charge in [-0.05, 0) is 37.5 Å². The van der Waals surface area contributed by atoms with E-state index in [4.69, 9.17) is 0 Å². The monoisotopic (exact) mass is 307 g/mol. The summed E-state index contributed by atoms with van der Waals surface area (Å²) in [6, 6.07) is 0. The molecule has 5 heteroatoms. The molecule has 1 saturated carbocycles. The number of amides is 1. The molecule has 116 valence electrons. The summed E-state index contributed by atoms with van der Waals surface area (Å²) in [6.07, 6.45) is 10.1. The molecule has 1 saturated heterocycles. The summed E-state index contributed by atoms with van der Waals surface area (Å²) in [5.74, 6) is 1.46. The second kappa shape index (κ2) is 7.25.